The Morgan fingerprint density at radius 2 is 1.65 bits per heavy atom. The minimum Gasteiger partial charge on any atom is -0.465 e. The topological polar surface area (TPSA) is 112 Å². The molecular weight excluding hydrogens is 470 g/mol. The molecule has 0 aliphatic rings. The summed E-state index contributed by atoms with van der Waals surface area (Å²) < 4.78 is 5.37. The normalized spacial score (nSPS) is 12.9. The van der Waals surface area contributed by atoms with Gasteiger partial charge in [0.2, 0.25) is 0 Å². The Balaban J connectivity index is 1.64. The second-order valence-electron chi connectivity index (χ2n) is 9.91. The maximum absolute atomic E-state index is 12.4. The third-order valence-corrected chi connectivity index (χ3v) is 5.72. The standard InChI is InChI=1S/C29H35N3O5/c1-29(2,3)37-27(34)31-25(19-21-9-5-4-6-10-21)26(33)16-18-32(28(35)36)20-22-12-14-23(15-13-22)24-11-7-8-17-30-24/h4-15,17,25-26,33H,16,18-20H2,1-3H3,(H,31,34)(H,35,36)/t25-,26-/m0/s1. The van der Waals surface area contributed by atoms with Gasteiger partial charge in [-0.25, -0.2) is 9.59 Å². The van der Waals surface area contributed by atoms with Crippen molar-refractivity contribution >= 4 is 12.2 Å². The molecule has 3 rings (SSSR count). The predicted octanol–water partition coefficient (Wildman–Crippen LogP) is 5.12. The Kier molecular flexibility index (Phi) is 9.63. The van der Waals surface area contributed by atoms with E-state index in [9.17, 15) is 19.8 Å². The monoisotopic (exact) mass is 505 g/mol. The first-order valence-electron chi connectivity index (χ1n) is 12.3. The molecule has 0 radical (unpaired) electrons. The van der Waals surface area contributed by atoms with E-state index in [1.165, 1.54) is 4.90 Å². The van der Waals surface area contributed by atoms with Gasteiger partial charge >= 0.3 is 12.2 Å². The molecule has 3 N–H and O–H groups in total. The van der Waals surface area contributed by atoms with Crippen LogP contribution >= 0.6 is 0 Å². The highest BCUT2D eigenvalue weighted by Gasteiger charge is 2.26. The molecule has 0 saturated carbocycles. The third-order valence-electron chi connectivity index (χ3n) is 5.72. The lowest BCUT2D eigenvalue weighted by atomic mass is 9.99. The summed E-state index contributed by atoms with van der Waals surface area (Å²) in [4.78, 5) is 30.0. The van der Waals surface area contributed by atoms with E-state index in [0.717, 1.165) is 22.4 Å². The molecule has 1 heterocycles. The Hall–Kier alpha value is -3.91. The quantitative estimate of drug-likeness (QED) is 0.353. The number of aliphatic hydroxyl groups excluding tert-OH is 1. The Morgan fingerprint density at radius 1 is 0.973 bits per heavy atom. The van der Waals surface area contributed by atoms with Crippen LogP contribution in [0.2, 0.25) is 0 Å². The molecule has 8 heteroatoms. The zero-order valence-electron chi connectivity index (χ0n) is 21.5. The molecule has 0 aliphatic carbocycles. The number of nitrogens with zero attached hydrogens (tertiary/aromatic N) is 2. The number of rotatable bonds is 10. The van der Waals surface area contributed by atoms with Crippen molar-refractivity contribution in [1.82, 2.24) is 15.2 Å². The van der Waals surface area contributed by atoms with Crippen LogP contribution in [0.1, 0.15) is 38.3 Å². The molecular formula is C29H35N3O5. The summed E-state index contributed by atoms with van der Waals surface area (Å²) in [6.07, 6.45) is -0.448. The molecule has 8 nitrogen and oxygen atoms in total. The van der Waals surface area contributed by atoms with Crippen molar-refractivity contribution in [1.29, 1.82) is 0 Å². The molecule has 0 fully saturated rings. The summed E-state index contributed by atoms with van der Waals surface area (Å²) in [5.74, 6) is 0. The number of nitrogens with one attached hydrogen (secondary N) is 1. The van der Waals surface area contributed by atoms with E-state index in [1.54, 1.807) is 27.0 Å². The number of hydrogen-bond donors (Lipinski definition) is 3. The van der Waals surface area contributed by atoms with E-state index in [-0.39, 0.29) is 19.5 Å². The number of benzene rings is 2. The highest BCUT2D eigenvalue weighted by molar-refractivity contribution is 5.68. The highest BCUT2D eigenvalue weighted by atomic mass is 16.6. The summed E-state index contributed by atoms with van der Waals surface area (Å²) in [6.45, 7) is 5.57. The molecule has 0 bridgehead atoms. The first-order valence-corrected chi connectivity index (χ1v) is 12.3. The second kappa shape index (κ2) is 12.9. The minimum absolute atomic E-state index is 0.0970. The number of ether oxygens (including phenoxy) is 1. The number of carbonyl (C=O) groups excluding carboxylic acids is 1. The molecule has 2 amide bonds. The fourth-order valence-electron chi connectivity index (χ4n) is 3.88. The van der Waals surface area contributed by atoms with Crippen LogP contribution in [0.25, 0.3) is 11.3 Å². The molecule has 3 aromatic rings. The summed E-state index contributed by atoms with van der Waals surface area (Å²) in [6, 6.07) is 22.1. The first kappa shape index (κ1) is 27.7. The fourth-order valence-corrected chi connectivity index (χ4v) is 3.88. The van der Waals surface area contributed by atoms with Crippen molar-refractivity contribution < 1.29 is 24.5 Å². The number of pyridine rings is 1. The number of amides is 2. The molecule has 1 aromatic heterocycles. The largest absolute Gasteiger partial charge is 0.465 e. The lowest BCUT2D eigenvalue weighted by Crippen LogP contribution is -2.47. The Labute approximate surface area is 217 Å². The molecule has 37 heavy (non-hydrogen) atoms. The Morgan fingerprint density at radius 3 is 2.24 bits per heavy atom. The van der Waals surface area contributed by atoms with Gasteiger partial charge in [0.1, 0.15) is 5.60 Å². The lowest BCUT2D eigenvalue weighted by molar-refractivity contribution is 0.0397. The number of hydrogen-bond acceptors (Lipinski definition) is 5. The smallest absolute Gasteiger partial charge is 0.407 e. The zero-order valence-corrected chi connectivity index (χ0v) is 21.5. The minimum atomic E-state index is -1.08. The van der Waals surface area contributed by atoms with Gasteiger partial charge in [0.25, 0.3) is 0 Å². The Bertz CT molecular complexity index is 1130. The molecule has 0 saturated heterocycles. The van der Waals surface area contributed by atoms with Crippen LogP contribution in [0, 0.1) is 0 Å². The van der Waals surface area contributed by atoms with Crippen molar-refractivity contribution in [3.8, 4) is 11.3 Å². The average molecular weight is 506 g/mol. The summed E-state index contributed by atoms with van der Waals surface area (Å²) in [5, 5.41) is 23.5. The number of carbonyl (C=O) groups is 2. The molecule has 2 atom stereocenters. The van der Waals surface area contributed by atoms with Crippen LogP contribution < -0.4 is 5.32 Å². The number of aliphatic hydroxyl groups is 1. The van der Waals surface area contributed by atoms with Gasteiger partial charge in [-0.1, -0.05) is 60.7 Å². The van der Waals surface area contributed by atoms with Crippen LogP contribution in [0.5, 0.6) is 0 Å². The van der Waals surface area contributed by atoms with Crippen LogP contribution in [0.3, 0.4) is 0 Å². The van der Waals surface area contributed by atoms with Gasteiger partial charge in [-0.3, -0.25) is 4.98 Å². The third kappa shape index (κ3) is 9.24. The number of aromatic nitrogens is 1. The van der Waals surface area contributed by atoms with E-state index < -0.39 is 29.9 Å². The molecule has 196 valence electrons. The maximum atomic E-state index is 12.4. The van der Waals surface area contributed by atoms with Gasteiger partial charge in [0.05, 0.1) is 17.8 Å². The van der Waals surface area contributed by atoms with Gasteiger partial charge in [0, 0.05) is 24.8 Å². The zero-order chi connectivity index (χ0) is 26.8. The SMILES string of the molecule is CC(C)(C)OC(=O)N[C@@H](Cc1ccccc1)[C@@H](O)CCN(Cc1ccc(-c2ccccn2)cc1)C(=O)O. The predicted molar refractivity (Wildman–Crippen MR) is 142 cm³/mol. The summed E-state index contributed by atoms with van der Waals surface area (Å²) in [7, 11) is 0. The van der Waals surface area contributed by atoms with E-state index in [2.05, 4.69) is 10.3 Å². The van der Waals surface area contributed by atoms with Gasteiger partial charge in [-0.2, -0.15) is 0 Å². The molecule has 0 aliphatic heterocycles. The summed E-state index contributed by atoms with van der Waals surface area (Å²) in [5.41, 5.74) is 2.86. The molecule has 0 spiro atoms. The van der Waals surface area contributed by atoms with Crippen molar-refractivity contribution in [2.45, 2.75) is 57.9 Å². The first-order chi connectivity index (χ1) is 17.6. The van der Waals surface area contributed by atoms with Crippen LogP contribution in [0.15, 0.2) is 79.0 Å². The summed E-state index contributed by atoms with van der Waals surface area (Å²) >= 11 is 0. The number of carboxylic acid groups (broad SMARTS) is 1. The second-order valence-corrected chi connectivity index (χ2v) is 9.91. The van der Waals surface area contributed by atoms with Crippen LogP contribution in [-0.2, 0) is 17.7 Å². The van der Waals surface area contributed by atoms with Crippen molar-refractivity contribution in [2.75, 3.05) is 6.54 Å². The van der Waals surface area contributed by atoms with Crippen molar-refractivity contribution in [3.05, 3.63) is 90.1 Å². The van der Waals surface area contributed by atoms with Gasteiger partial charge in [-0.05, 0) is 56.9 Å². The van der Waals surface area contributed by atoms with Crippen LogP contribution in [0.4, 0.5) is 9.59 Å². The van der Waals surface area contributed by atoms with Gasteiger partial charge in [-0.15, -0.1) is 0 Å². The van der Waals surface area contributed by atoms with Gasteiger partial charge in [0.15, 0.2) is 0 Å². The van der Waals surface area contributed by atoms with Crippen LogP contribution in [-0.4, -0.2) is 56.6 Å². The van der Waals surface area contributed by atoms with Crippen molar-refractivity contribution in [3.63, 3.8) is 0 Å². The maximum Gasteiger partial charge on any atom is 0.407 e. The fraction of sp³-hybridized carbons (Fsp3) is 0.345. The van der Waals surface area contributed by atoms with E-state index in [1.807, 2.05) is 72.8 Å². The van der Waals surface area contributed by atoms with Gasteiger partial charge < -0.3 is 25.2 Å². The molecule has 2 aromatic carbocycles. The highest BCUT2D eigenvalue weighted by Crippen LogP contribution is 2.18. The average Bonchev–Trinajstić information content (AvgIpc) is 2.86. The van der Waals surface area contributed by atoms with Crippen molar-refractivity contribution in [2.24, 2.45) is 0 Å². The van der Waals surface area contributed by atoms with E-state index in [0.29, 0.717) is 6.42 Å². The number of alkyl carbamates (subject to hydrolysis) is 1. The van der Waals surface area contributed by atoms with E-state index >= 15 is 0 Å². The lowest BCUT2D eigenvalue weighted by Gasteiger charge is -2.28. The molecule has 0 unspecified atom stereocenters. The van der Waals surface area contributed by atoms with E-state index in [4.69, 9.17) is 4.74 Å².